The maximum atomic E-state index is 6.35. The topological polar surface area (TPSA) is 30.5 Å². The molecule has 1 fully saturated rings. The van der Waals surface area contributed by atoms with E-state index in [2.05, 4.69) is 70.7 Å². The van der Waals surface area contributed by atoms with Gasteiger partial charge >= 0.3 is 0 Å². The van der Waals surface area contributed by atoms with Crippen molar-refractivity contribution in [3.63, 3.8) is 0 Å². The number of hydrogen-bond donors (Lipinski definition) is 1. The van der Waals surface area contributed by atoms with Gasteiger partial charge in [0, 0.05) is 12.6 Å². The molecule has 0 spiro atoms. The lowest BCUT2D eigenvalue weighted by Gasteiger charge is -2.30. The molecule has 1 aromatic heterocycles. The summed E-state index contributed by atoms with van der Waals surface area (Å²) in [5.74, 6) is 1.99. The lowest BCUT2D eigenvalue weighted by atomic mass is 9.92. The summed E-state index contributed by atoms with van der Waals surface area (Å²) in [4.78, 5) is 0. The van der Waals surface area contributed by atoms with Crippen LogP contribution in [0.3, 0.4) is 0 Å². The Hall–Kier alpha value is -2.30. The zero-order chi connectivity index (χ0) is 20.2. The molecule has 0 saturated heterocycles. The Balaban J connectivity index is 1.13. The molecule has 0 bridgehead atoms. The summed E-state index contributed by atoms with van der Waals surface area (Å²) in [5, 5.41) is 8.07. The SMILES string of the molecule is c1ccc(C2CCc3cc(OC4CCC(NCc5ccsc5)CC4)ccc3O2)cc1. The molecule has 156 valence electrons. The van der Waals surface area contributed by atoms with Crippen molar-refractivity contribution in [3.05, 3.63) is 82.0 Å². The second-order valence-corrected chi connectivity index (χ2v) is 9.21. The second-order valence-electron chi connectivity index (χ2n) is 8.43. The Morgan fingerprint density at radius 1 is 0.967 bits per heavy atom. The van der Waals surface area contributed by atoms with Crippen molar-refractivity contribution in [2.24, 2.45) is 0 Å². The van der Waals surface area contributed by atoms with Crippen molar-refractivity contribution in [3.8, 4) is 11.5 Å². The number of rotatable bonds is 6. The number of thiophene rings is 1. The molecule has 5 rings (SSSR count). The van der Waals surface area contributed by atoms with Gasteiger partial charge in [-0.15, -0.1) is 0 Å². The number of nitrogens with one attached hydrogen (secondary N) is 1. The van der Waals surface area contributed by atoms with Gasteiger partial charge in [0.1, 0.15) is 17.6 Å². The Morgan fingerprint density at radius 2 is 1.83 bits per heavy atom. The molecule has 1 aliphatic carbocycles. The van der Waals surface area contributed by atoms with Gasteiger partial charge < -0.3 is 14.8 Å². The van der Waals surface area contributed by atoms with Crippen molar-refractivity contribution in [1.82, 2.24) is 5.32 Å². The monoisotopic (exact) mass is 419 g/mol. The molecule has 1 aliphatic heterocycles. The lowest BCUT2D eigenvalue weighted by molar-refractivity contribution is 0.138. The summed E-state index contributed by atoms with van der Waals surface area (Å²) in [6, 6.07) is 19.7. The average Bonchev–Trinajstić information content (AvgIpc) is 3.33. The van der Waals surface area contributed by atoms with Crippen LogP contribution in [0.25, 0.3) is 0 Å². The number of benzene rings is 2. The van der Waals surface area contributed by atoms with E-state index in [1.54, 1.807) is 11.3 Å². The lowest BCUT2D eigenvalue weighted by Crippen LogP contribution is -2.35. The van der Waals surface area contributed by atoms with Crippen LogP contribution in [0.1, 0.15) is 54.9 Å². The van der Waals surface area contributed by atoms with Crippen molar-refractivity contribution in [1.29, 1.82) is 0 Å². The van der Waals surface area contributed by atoms with Gasteiger partial charge in [-0.05, 0) is 90.2 Å². The van der Waals surface area contributed by atoms with Crippen molar-refractivity contribution >= 4 is 11.3 Å². The fourth-order valence-electron chi connectivity index (χ4n) is 4.57. The molecule has 4 heteroatoms. The van der Waals surface area contributed by atoms with Crippen molar-refractivity contribution in [2.75, 3.05) is 0 Å². The van der Waals surface area contributed by atoms with Crippen LogP contribution >= 0.6 is 11.3 Å². The fraction of sp³-hybridized carbons (Fsp3) is 0.385. The van der Waals surface area contributed by atoms with Crippen LogP contribution in [-0.4, -0.2) is 12.1 Å². The molecule has 2 aromatic carbocycles. The molecule has 3 nitrogen and oxygen atoms in total. The molecular formula is C26H29NO2S. The molecule has 30 heavy (non-hydrogen) atoms. The van der Waals surface area contributed by atoms with E-state index in [0.717, 1.165) is 43.7 Å². The summed E-state index contributed by atoms with van der Waals surface area (Å²) in [7, 11) is 0. The Bertz CT molecular complexity index is 933. The quantitative estimate of drug-likeness (QED) is 0.509. The molecule has 2 heterocycles. The molecule has 0 amide bonds. The largest absolute Gasteiger partial charge is 0.490 e. The first-order chi connectivity index (χ1) is 14.8. The molecule has 1 saturated carbocycles. The normalized spacial score (nSPS) is 23.4. The molecule has 1 unspecified atom stereocenters. The first-order valence-electron chi connectivity index (χ1n) is 11.1. The Morgan fingerprint density at radius 3 is 2.63 bits per heavy atom. The fourth-order valence-corrected chi connectivity index (χ4v) is 5.24. The van der Waals surface area contributed by atoms with Gasteiger partial charge in [-0.25, -0.2) is 0 Å². The van der Waals surface area contributed by atoms with Crippen LogP contribution in [-0.2, 0) is 13.0 Å². The van der Waals surface area contributed by atoms with Gasteiger partial charge in [0.15, 0.2) is 0 Å². The minimum atomic E-state index is 0.155. The van der Waals surface area contributed by atoms with E-state index < -0.39 is 0 Å². The van der Waals surface area contributed by atoms with Crippen LogP contribution in [0, 0.1) is 0 Å². The van der Waals surface area contributed by atoms with Gasteiger partial charge in [-0.2, -0.15) is 11.3 Å². The standard InChI is InChI=1S/C26H29NO2S/c1-2-4-20(5-3-1)25-12-6-21-16-24(11-13-26(21)29-25)28-23-9-7-22(8-10-23)27-17-19-14-15-30-18-19/h1-5,11,13-16,18,22-23,25,27H,6-10,12,17H2. The zero-order valence-corrected chi connectivity index (χ0v) is 18.1. The highest BCUT2D eigenvalue weighted by Gasteiger charge is 2.24. The minimum absolute atomic E-state index is 0.155. The number of aryl methyl sites for hydroxylation is 1. The van der Waals surface area contributed by atoms with Gasteiger partial charge in [0.2, 0.25) is 0 Å². The van der Waals surface area contributed by atoms with E-state index in [1.807, 2.05) is 0 Å². The Kier molecular flexibility index (Phi) is 6.05. The van der Waals surface area contributed by atoms with Gasteiger partial charge in [0.25, 0.3) is 0 Å². The highest BCUT2D eigenvalue weighted by Crippen LogP contribution is 2.37. The third-order valence-electron chi connectivity index (χ3n) is 6.30. The average molecular weight is 420 g/mol. The molecular weight excluding hydrogens is 390 g/mol. The maximum absolute atomic E-state index is 6.35. The van der Waals surface area contributed by atoms with Crippen LogP contribution in [0.15, 0.2) is 65.4 Å². The summed E-state index contributed by atoms with van der Waals surface area (Å²) in [6.45, 7) is 0.981. The van der Waals surface area contributed by atoms with Crippen LogP contribution < -0.4 is 14.8 Å². The smallest absolute Gasteiger partial charge is 0.124 e. The number of ether oxygens (including phenoxy) is 2. The first-order valence-corrected chi connectivity index (χ1v) is 12.0. The number of fused-ring (bicyclic) bond motifs is 1. The molecule has 3 aromatic rings. The van der Waals surface area contributed by atoms with E-state index in [-0.39, 0.29) is 6.10 Å². The highest BCUT2D eigenvalue weighted by molar-refractivity contribution is 7.07. The van der Waals surface area contributed by atoms with Gasteiger partial charge in [-0.3, -0.25) is 0 Å². The van der Waals surface area contributed by atoms with Gasteiger partial charge in [-0.1, -0.05) is 30.3 Å². The van der Waals surface area contributed by atoms with E-state index >= 15 is 0 Å². The predicted molar refractivity (Wildman–Crippen MR) is 122 cm³/mol. The predicted octanol–water partition coefficient (Wildman–Crippen LogP) is 6.29. The third-order valence-corrected chi connectivity index (χ3v) is 7.03. The van der Waals surface area contributed by atoms with Crippen LogP contribution in [0.5, 0.6) is 11.5 Å². The Labute approximate surface area is 183 Å². The summed E-state index contributed by atoms with van der Waals surface area (Å²) >= 11 is 1.77. The molecule has 0 radical (unpaired) electrons. The van der Waals surface area contributed by atoms with Crippen LogP contribution in [0.4, 0.5) is 0 Å². The van der Waals surface area contributed by atoms with E-state index in [1.165, 1.54) is 29.5 Å². The molecule has 2 aliphatic rings. The van der Waals surface area contributed by atoms with Gasteiger partial charge in [0.05, 0.1) is 6.10 Å². The molecule has 1 atom stereocenters. The summed E-state index contributed by atoms with van der Waals surface area (Å²) in [6.07, 6.45) is 7.12. The second kappa shape index (κ2) is 9.23. The maximum Gasteiger partial charge on any atom is 0.124 e. The molecule has 1 N–H and O–H groups in total. The van der Waals surface area contributed by atoms with E-state index in [0.29, 0.717) is 12.1 Å². The van der Waals surface area contributed by atoms with Crippen LogP contribution in [0.2, 0.25) is 0 Å². The van der Waals surface area contributed by atoms with E-state index in [4.69, 9.17) is 9.47 Å². The van der Waals surface area contributed by atoms with E-state index in [9.17, 15) is 0 Å². The highest BCUT2D eigenvalue weighted by atomic mass is 32.1. The number of hydrogen-bond acceptors (Lipinski definition) is 4. The zero-order valence-electron chi connectivity index (χ0n) is 17.3. The minimum Gasteiger partial charge on any atom is -0.490 e. The third kappa shape index (κ3) is 4.71. The summed E-state index contributed by atoms with van der Waals surface area (Å²) < 4.78 is 12.6. The summed E-state index contributed by atoms with van der Waals surface area (Å²) in [5.41, 5.74) is 3.92. The first kappa shape index (κ1) is 19.7. The van der Waals surface area contributed by atoms with Crippen molar-refractivity contribution < 1.29 is 9.47 Å². The van der Waals surface area contributed by atoms with Crippen molar-refractivity contribution in [2.45, 2.75) is 63.3 Å².